The average Bonchev–Trinajstić information content (AvgIpc) is 3.18. The molecular formula is C22H35N2O4P. The van der Waals surface area contributed by atoms with Gasteiger partial charge in [-0.25, -0.2) is 4.79 Å². The molecule has 4 aliphatic rings. The highest BCUT2D eigenvalue weighted by Crippen LogP contribution is 2.55. The second-order valence-electron chi connectivity index (χ2n) is 10.6. The molecule has 3 aliphatic carbocycles. The summed E-state index contributed by atoms with van der Waals surface area (Å²) in [5.74, 6) is 0.472. The number of amides is 2. The fourth-order valence-corrected chi connectivity index (χ4v) is 6.93. The van der Waals surface area contributed by atoms with Crippen molar-refractivity contribution in [2.75, 3.05) is 6.54 Å². The van der Waals surface area contributed by atoms with Gasteiger partial charge in [-0.2, -0.15) is 0 Å². The first-order valence-corrected chi connectivity index (χ1v) is 11.8. The molecule has 4 rings (SSSR count). The summed E-state index contributed by atoms with van der Waals surface area (Å²) in [4.78, 5) is 40.1. The smallest absolute Gasteiger partial charge is 0.326 e. The highest BCUT2D eigenvalue weighted by atomic mass is 31.0. The highest BCUT2D eigenvalue weighted by molar-refractivity contribution is 7.21. The van der Waals surface area contributed by atoms with E-state index in [4.69, 9.17) is 0 Å². The third-order valence-corrected chi connectivity index (χ3v) is 8.71. The Hall–Kier alpha value is -1.16. The van der Waals surface area contributed by atoms with E-state index in [1.807, 2.05) is 0 Å². The topological polar surface area (TPSA) is 86.7 Å². The Morgan fingerprint density at radius 3 is 2.28 bits per heavy atom. The minimum atomic E-state index is -0.935. The van der Waals surface area contributed by atoms with Crippen LogP contribution in [0.4, 0.5) is 0 Å². The van der Waals surface area contributed by atoms with Gasteiger partial charge in [-0.3, -0.25) is 9.59 Å². The molecule has 1 heterocycles. The monoisotopic (exact) mass is 422 g/mol. The van der Waals surface area contributed by atoms with E-state index in [9.17, 15) is 19.5 Å². The molecule has 2 amide bonds. The number of rotatable bonds is 5. The van der Waals surface area contributed by atoms with Crippen LogP contribution < -0.4 is 5.32 Å². The van der Waals surface area contributed by atoms with Gasteiger partial charge in [-0.1, -0.05) is 13.8 Å². The number of hydrogen-bond acceptors (Lipinski definition) is 3. The average molecular weight is 423 g/mol. The van der Waals surface area contributed by atoms with E-state index in [0.717, 1.165) is 32.1 Å². The third-order valence-electron chi connectivity index (χ3n) is 7.87. The summed E-state index contributed by atoms with van der Waals surface area (Å²) in [5.41, 5.74) is -0.256. The number of aliphatic carboxylic acids is 1. The molecule has 1 aliphatic heterocycles. The Kier molecular flexibility index (Phi) is 5.46. The van der Waals surface area contributed by atoms with E-state index < -0.39 is 23.2 Å². The van der Waals surface area contributed by atoms with Crippen LogP contribution in [0.5, 0.6) is 0 Å². The van der Waals surface area contributed by atoms with Gasteiger partial charge in [0.05, 0.1) is 5.16 Å². The predicted octanol–water partition coefficient (Wildman–Crippen LogP) is 2.81. The number of likely N-dealkylation sites (tertiary alicyclic amines) is 1. The van der Waals surface area contributed by atoms with E-state index in [-0.39, 0.29) is 17.2 Å². The van der Waals surface area contributed by atoms with Crippen LogP contribution in [0.15, 0.2) is 0 Å². The molecular weight excluding hydrogens is 387 g/mol. The third kappa shape index (κ3) is 3.94. The summed E-state index contributed by atoms with van der Waals surface area (Å²) in [6, 6.07) is -1.37. The van der Waals surface area contributed by atoms with Crippen molar-refractivity contribution in [2.45, 2.75) is 88.9 Å². The number of carbonyl (C=O) groups excluding carboxylic acids is 2. The Labute approximate surface area is 175 Å². The molecule has 7 heteroatoms. The SMILES string of the molecule is CC1CC2CC(C)CC(C(NC(=O)C3(P)CC3)C(=O)N3CCCC3C(=O)O)(C1)C2. The van der Waals surface area contributed by atoms with Gasteiger partial charge in [0, 0.05) is 12.0 Å². The van der Waals surface area contributed by atoms with E-state index in [2.05, 4.69) is 28.4 Å². The summed E-state index contributed by atoms with van der Waals surface area (Å²) in [6.45, 7) is 4.99. The van der Waals surface area contributed by atoms with Crippen molar-refractivity contribution >= 4 is 27.0 Å². The Bertz CT molecular complexity index is 687. The molecule has 29 heavy (non-hydrogen) atoms. The number of nitrogens with one attached hydrogen (secondary N) is 1. The molecule has 3 saturated carbocycles. The van der Waals surface area contributed by atoms with Crippen molar-refractivity contribution in [1.29, 1.82) is 0 Å². The van der Waals surface area contributed by atoms with Crippen LogP contribution in [0.25, 0.3) is 0 Å². The Morgan fingerprint density at radius 2 is 1.72 bits per heavy atom. The van der Waals surface area contributed by atoms with Crippen molar-refractivity contribution in [3.8, 4) is 0 Å². The van der Waals surface area contributed by atoms with E-state index in [0.29, 0.717) is 37.1 Å². The molecule has 0 aromatic heterocycles. The van der Waals surface area contributed by atoms with Crippen LogP contribution in [0, 0.1) is 23.2 Å². The maximum atomic E-state index is 13.8. The molecule has 2 N–H and O–H groups in total. The number of carboxylic acid groups (broad SMARTS) is 1. The highest BCUT2D eigenvalue weighted by Gasteiger charge is 2.55. The van der Waals surface area contributed by atoms with Gasteiger partial charge < -0.3 is 15.3 Å². The number of hydrogen-bond donors (Lipinski definition) is 2. The minimum absolute atomic E-state index is 0.0608. The molecule has 2 bridgehead atoms. The lowest BCUT2D eigenvalue weighted by Crippen LogP contribution is -2.62. The fourth-order valence-electron chi connectivity index (χ4n) is 6.70. The lowest BCUT2D eigenvalue weighted by atomic mass is 9.54. The van der Waals surface area contributed by atoms with E-state index >= 15 is 0 Å². The summed E-state index contributed by atoms with van der Waals surface area (Å²) < 4.78 is 0. The summed E-state index contributed by atoms with van der Waals surface area (Å²) in [6.07, 6.45) is 8.07. The molecule has 0 spiro atoms. The second-order valence-corrected chi connectivity index (χ2v) is 11.7. The maximum Gasteiger partial charge on any atom is 0.326 e. The minimum Gasteiger partial charge on any atom is -0.480 e. The summed E-state index contributed by atoms with van der Waals surface area (Å²) in [5, 5.41) is 12.4. The molecule has 0 aromatic carbocycles. The van der Waals surface area contributed by atoms with Gasteiger partial charge in [0.25, 0.3) is 0 Å². The molecule has 0 radical (unpaired) electrons. The molecule has 162 valence electrons. The number of carboxylic acids is 1. The first-order valence-electron chi connectivity index (χ1n) is 11.3. The molecule has 4 fully saturated rings. The normalized spacial score (nSPS) is 38.9. The Morgan fingerprint density at radius 1 is 1.10 bits per heavy atom. The van der Waals surface area contributed by atoms with Crippen LogP contribution in [0.2, 0.25) is 0 Å². The predicted molar refractivity (Wildman–Crippen MR) is 113 cm³/mol. The first-order chi connectivity index (χ1) is 13.6. The molecule has 1 saturated heterocycles. The summed E-state index contributed by atoms with van der Waals surface area (Å²) >= 11 is 0. The zero-order valence-corrected chi connectivity index (χ0v) is 18.8. The first kappa shape index (κ1) is 21.1. The van der Waals surface area contributed by atoms with Crippen LogP contribution in [-0.4, -0.2) is 51.6 Å². The standard InChI is InChI=1S/C22H35N2O4P/c1-13-8-15-9-14(2)11-21(10-13,12-15)17(23-20(28)22(29)5-6-22)18(25)24-7-3-4-16(24)19(26)27/h13-17H,3-12,29H2,1-2H3,(H,23,28)(H,26,27). The van der Waals surface area contributed by atoms with Gasteiger partial charge in [0.2, 0.25) is 11.8 Å². The number of fused-ring (bicyclic) bond motifs is 2. The molecule has 5 unspecified atom stereocenters. The number of carbonyl (C=O) groups is 3. The second kappa shape index (κ2) is 7.51. The molecule has 6 nitrogen and oxygen atoms in total. The van der Waals surface area contributed by atoms with E-state index in [1.54, 1.807) is 0 Å². The van der Waals surface area contributed by atoms with Crippen LogP contribution >= 0.6 is 9.24 Å². The lowest BCUT2D eigenvalue weighted by molar-refractivity contribution is -0.153. The quantitative estimate of drug-likeness (QED) is 0.667. The molecule has 0 aromatic rings. The summed E-state index contributed by atoms with van der Waals surface area (Å²) in [7, 11) is 2.66. The van der Waals surface area contributed by atoms with Crippen LogP contribution in [-0.2, 0) is 14.4 Å². The fraction of sp³-hybridized carbons (Fsp3) is 0.864. The van der Waals surface area contributed by atoms with Crippen LogP contribution in [0.1, 0.15) is 71.6 Å². The van der Waals surface area contributed by atoms with Gasteiger partial charge in [-0.15, -0.1) is 9.24 Å². The Balaban J connectivity index is 1.67. The molecule has 5 atom stereocenters. The maximum absolute atomic E-state index is 13.8. The van der Waals surface area contributed by atoms with Gasteiger partial charge in [0.1, 0.15) is 12.1 Å². The van der Waals surface area contributed by atoms with Crippen LogP contribution in [0.3, 0.4) is 0 Å². The van der Waals surface area contributed by atoms with Crippen molar-refractivity contribution < 1.29 is 19.5 Å². The van der Waals surface area contributed by atoms with Gasteiger partial charge >= 0.3 is 5.97 Å². The van der Waals surface area contributed by atoms with E-state index in [1.165, 1.54) is 17.7 Å². The lowest BCUT2D eigenvalue weighted by Gasteiger charge is -2.53. The zero-order valence-electron chi connectivity index (χ0n) is 17.7. The van der Waals surface area contributed by atoms with Gasteiger partial charge in [0.15, 0.2) is 0 Å². The zero-order chi connectivity index (χ0) is 21.0. The van der Waals surface area contributed by atoms with Crippen molar-refractivity contribution in [2.24, 2.45) is 23.2 Å². The van der Waals surface area contributed by atoms with Gasteiger partial charge in [-0.05, 0) is 75.5 Å². The largest absolute Gasteiger partial charge is 0.480 e. The van der Waals surface area contributed by atoms with Crippen molar-refractivity contribution in [3.05, 3.63) is 0 Å². The van der Waals surface area contributed by atoms with Crippen molar-refractivity contribution in [3.63, 3.8) is 0 Å². The number of nitrogens with zero attached hydrogens (tertiary/aromatic N) is 1. The van der Waals surface area contributed by atoms with Crippen molar-refractivity contribution in [1.82, 2.24) is 10.2 Å².